The standard InChI is InChI=1S/C14H16N6OS/c1-15-5-6-17-14(21)11-10(3-7-22-11)20-13-9-2-4-16-12(9)18-8-19-13/h2-4,7-8,15H,5-6H2,1H3,(H,17,21)(H2,16,18,19,20). The number of anilines is 2. The van der Waals surface area contributed by atoms with E-state index in [1.54, 1.807) is 0 Å². The molecule has 114 valence electrons. The third-order valence-electron chi connectivity index (χ3n) is 3.14. The number of hydrogen-bond donors (Lipinski definition) is 4. The largest absolute Gasteiger partial charge is 0.350 e. The minimum Gasteiger partial charge on any atom is -0.350 e. The highest BCUT2D eigenvalue weighted by Crippen LogP contribution is 2.27. The zero-order chi connectivity index (χ0) is 15.4. The first-order valence-corrected chi connectivity index (χ1v) is 7.73. The molecular formula is C14H16N6OS. The Labute approximate surface area is 131 Å². The molecule has 0 unspecified atom stereocenters. The van der Waals surface area contributed by atoms with Crippen LogP contribution in [-0.2, 0) is 0 Å². The highest BCUT2D eigenvalue weighted by Gasteiger charge is 2.14. The molecule has 3 aromatic heterocycles. The van der Waals surface area contributed by atoms with E-state index in [2.05, 4.69) is 30.9 Å². The Hall–Kier alpha value is -2.45. The molecule has 0 fully saturated rings. The van der Waals surface area contributed by atoms with E-state index >= 15 is 0 Å². The number of likely N-dealkylation sites (N-methyl/N-ethyl adjacent to an activating group) is 1. The summed E-state index contributed by atoms with van der Waals surface area (Å²) in [6.07, 6.45) is 3.30. The van der Waals surface area contributed by atoms with E-state index in [4.69, 9.17) is 0 Å². The maximum Gasteiger partial charge on any atom is 0.263 e. The number of carbonyl (C=O) groups excluding carboxylic acids is 1. The van der Waals surface area contributed by atoms with E-state index in [0.29, 0.717) is 17.2 Å². The number of carbonyl (C=O) groups is 1. The molecule has 0 spiro atoms. The first-order chi connectivity index (χ1) is 10.8. The average molecular weight is 316 g/mol. The second-order valence-electron chi connectivity index (χ2n) is 4.61. The molecular weight excluding hydrogens is 300 g/mol. The van der Waals surface area contributed by atoms with Gasteiger partial charge in [-0.05, 0) is 24.6 Å². The number of hydrogen-bond acceptors (Lipinski definition) is 6. The number of rotatable bonds is 6. The Morgan fingerprint density at radius 3 is 3.09 bits per heavy atom. The average Bonchev–Trinajstić information content (AvgIpc) is 3.16. The molecule has 0 radical (unpaired) electrons. The molecule has 8 heteroatoms. The summed E-state index contributed by atoms with van der Waals surface area (Å²) in [5, 5.41) is 11.8. The molecule has 22 heavy (non-hydrogen) atoms. The van der Waals surface area contributed by atoms with E-state index in [9.17, 15) is 4.79 Å². The molecule has 0 aromatic carbocycles. The smallest absolute Gasteiger partial charge is 0.263 e. The van der Waals surface area contributed by atoms with Gasteiger partial charge in [0.05, 0.1) is 11.1 Å². The molecule has 3 aromatic rings. The van der Waals surface area contributed by atoms with Gasteiger partial charge >= 0.3 is 0 Å². The molecule has 0 aliphatic rings. The zero-order valence-corrected chi connectivity index (χ0v) is 12.8. The highest BCUT2D eigenvalue weighted by atomic mass is 32.1. The van der Waals surface area contributed by atoms with Gasteiger partial charge in [-0.25, -0.2) is 9.97 Å². The van der Waals surface area contributed by atoms with Crippen LogP contribution >= 0.6 is 11.3 Å². The Bertz CT molecular complexity index is 780. The Kier molecular flexibility index (Phi) is 4.31. The van der Waals surface area contributed by atoms with Crippen LogP contribution in [0.3, 0.4) is 0 Å². The fourth-order valence-corrected chi connectivity index (χ4v) is 2.83. The molecule has 3 heterocycles. The van der Waals surface area contributed by atoms with E-state index < -0.39 is 0 Å². The van der Waals surface area contributed by atoms with Gasteiger partial charge in [-0.2, -0.15) is 0 Å². The lowest BCUT2D eigenvalue weighted by Gasteiger charge is -2.08. The van der Waals surface area contributed by atoms with Crippen molar-refractivity contribution in [3.63, 3.8) is 0 Å². The van der Waals surface area contributed by atoms with E-state index in [-0.39, 0.29) is 5.91 Å². The molecule has 0 aliphatic carbocycles. The second kappa shape index (κ2) is 6.54. The summed E-state index contributed by atoms with van der Waals surface area (Å²) in [5.74, 6) is 0.584. The number of H-pyrrole nitrogens is 1. The quantitative estimate of drug-likeness (QED) is 0.519. The summed E-state index contributed by atoms with van der Waals surface area (Å²) < 4.78 is 0. The summed E-state index contributed by atoms with van der Waals surface area (Å²) >= 11 is 1.40. The van der Waals surface area contributed by atoms with Crippen molar-refractivity contribution in [2.45, 2.75) is 0 Å². The number of nitrogens with one attached hydrogen (secondary N) is 4. The van der Waals surface area contributed by atoms with Crippen LogP contribution in [0.4, 0.5) is 11.5 Å². The Balaban J connectivity index is 1.80. The van der Waals surface area contributed by atoms with E-state index in [1.807, 2.05) is 30.8 Å². The van der Waals surface area contributed by atoms with Crippen LogP contribution in [0.1, 0.15) is 9.67 Å². The summed E-state index contributed by atoms with van der Waals surface area (Å²) in [4.78, 5) is 24.3. The van der Waals surface area contributed by atoms with Crippen molar-refractivity contribution >= 4 is 39.8 Å². The summed E-state index contributed by atoms with van der Waals surface area (Å²) in [5.41, 5.74) is 1.50. The molecule has 0 bridgehead atoms. The second-order valence-corrected chi connectivity index (χ2v) is 5.53. The maximum absolute atomic E-state index is 12.2. The van der Waals surface area contributed by atoms with Crippen LogP contribution in [0.25, 0.3) is 11.0 Å². The topological polar surface area (TPSA) is 94.7 Å². The number of nitrogens with zero attached hydrogens (tertiary/aromatic N) is 2. The fraction of sp³-hybridized carbons (Fsp3) is 0.214. The van der Waals surface area contributed by atoms with Crippen molar-refractivity contribution in [3.8, 4) is 0 Å². The molecule has 7 nitrogen and oxygen atoms in total. The lowest BCUT2D eigenvalue weighted by molar-refractivity contribution is 0.0959. The van der Waals surface area contributed by atoms with Crippen molar-refractivity contribution < 1.29 is 4.79 Å². The minimum atomic E-state index is -0.0906. The summed E-state index contributed by atoms with van der Waals surface area (Å²) in [6, 6.07) is 3.77. The predicted molar refractivity (Wildman–Crippen MR) is 87.8 cm³/mol. The normalized spacial score (nSPS) is 10.8. The molecule has 4 N–H and O–H groups in total. The van der Waals surface area contributed by atoms with Gasteiger partial charge in [0.15, 0.2) is 0 Å². The Morgan fingerprint density at radius 2 is 2.23 bits per heavy atom. The SMILES string of the molecule is CNCCNC(=O)c1sccc1Nc1ncnc2[nH]ccc12. The monoisotopic (exact) mass is 316 g/mol. The molecule has 0 saturated carbocycles. The molecule has 3 rings (SSSR count). The third kappa shape index (κ3) is 2.92. The van der Waals surface area contributed by atoms with Crippen LogP contribution in [0, 0.1) is 0 Å². The maximum atomic E-state index is 12.2. The van der Waals surface area contributed by atoms with E-state index in [0.717, 1.165) is 23.3 Å². The predicted octanol–water partition coefficient (Wildman–Crippen LogP) is 1.71. The summed E-state index contributed by atoms with van der Waals surface area (Å²) in [7, 11) is 1.85. The van der Waals surface area contributed by atoms with Gasteiger partial charge in [0, 0.05) is 19.3 Å². The number of thiophene rings is 1. The molecule has 0 aliphatic heterocycles. The van der Waals surface area contributed by atoms with Crippen LogP contribution < -0.4 is 16.0 Å². The number of aromatic amines is 1. The lowest BCUT2D eigenvalue weighted by atomic mass is 10.3. The van der Waals surface area contributed by atoms with Crippen LogP contribution in [0.2, 0.25) is 0 Å². The first kappa shape index (κ1) is 14.5. The van der Waals surface area contributed by atoms with Gasteiger partial charge in [0.25, 0.3) is 5.91 Å². The van der Waals surface area contributed by atoms with Crippen molar-refractivity contribution in [3.05, 3.63) is 34.9 Å². The van der Waals surface area contributed by atoms with Crippen LogP contribution in [0.5, 0.6) is 0 Å². The number of aromatic nitrogens is 3. The van der Waals surface area contributed by atoms with Crippen molar-refractivity contribution in [1.29, 1.82) is 0 Å². The van der Waals surface area contributed by atoms with Crippen molar-refractivity contribution in [2.75, 3.05) is 25.5 Å². The highest BCUT2D eigenvalue weighted by molar-refractivity contribution is 7.12. The molecule has 1 amide bonds. The molecule has 0 atom stereocenters. The van der Waals surface area contributed by atoms with Gasteiger partial charge in [-0.3, -0.25) is 4.79 Å². The van der Waals surface area contributed by atoms with Gasteiger partial charge in [0.1, 0.15) is 22.7 Å². The van der Waals surface area contributed by atoms with Crippen molar-refractivity contribution in [2.24, 2.45) is 0 Å². The van der Waals surface area contributed by atoms with Crippen LogP contribution in [-0.4, -0.2) is 41.0 Å². The van der Waals surface area contributed by atoms with Gasteiger partial charge in [-0.1, -0.05) is 0 Å². The minimum absolute atomic E-state index is 0.0906. The fourth-order valence-electron chi connectivity index (χ4n) is 2.06. The van der Waals surface area contributed by atoms with E-state index in [1.165, 1.54) is 17.7 Å². The lowest BCUT2D eigenvalue weighted by Crippen LogP contribution is -2.30. The van der Waals surface area contributed by atoms with Gasteiger partial charge in [0.2, 0.25) is 0 Å². The summed E-state index contributed by atoms with van der Waals surface area (Å²) in [6.45, 7) is 1.32. The first-order valence-electron chi connectivity index (χ1n) is 6.85. The number of amides is 1. The third-order valence-corrected chi connectivity index (χ3v) is 4.05. The van der Waals surface area contributed by atoms with Gasteiger partial charge < -0.3 is 20.9 Å². The van der Waals surface area contributed by atoms with Gasteiger partial charge in [-0.15, -0.1) is 11.3 Å². The van der Waals surface area contributed by atoms with Crippen LogP contribution in [0.15, 0.2) is 30.0 Å². The molecule has 0 saturated heterocycles. The Morgan fingerprint density at radius 1 is 1.32 bits per heavy atom. The van der Waals surface area contributed by atoms with Crippen molar-refractivity contribution in [1.82, 2.24) is 25.6 Å². The zero-order valence-electron chi connectivity index (χ0n) is 12.0. The number of fused-ring (bicyclic) bond motifs is 1.